The lowest BCUT2D eigenvalue weighted by Crippen LogP contribution is -2.15. The highest BCUT2D eigenvalue weighted by Crippen LogP contribution is 2.30. The van der Waals surface area contributed by atoms with Gasteiger partial charge in [0.2, 0.25) is 5.91 Å². The topological polar surface area (TPSA) is 77.8 Å². The highest BCUT2D eigenvalue weighted by Gasteiger charge is 2.14. The number of hydrogen-bond acceptors (Lipinski definition) is 6. The number of nitrogens with zero attached hydrogens (tertiary/aromatic N) is 3. The molecular weight excluding hydrogens is 399 g/mol. The molecule has 3 aromatic rings. The molecule has 10 heteroatoms. The number of benzene rings is 1. The minimum Gasteiger partial charge on any atom is -0.497 e. The summed E-state index contributed by atoms with van der Waals surface area (Å²) in [4.78, 5) is 12.3. The molecule has 1 aromatic carbocycles. The lowest BCUT2D eigenvalue weighted by molar-refractivity contribution is -0.113. The van der Waals surface area contributed by atoms with Crippen LogP contribution in [0, 0.1) is 0 Å². The van der Waals surface area contributed by atoms with Gasteiger partial charge in [-0.25, -0.2) is 0 Å². The number of amides is 1. The first-order chi connectivity index (χ1) is 12.5. The fourth-order valence-corrected chi connectivity index (χ4v) is 3.44. The largest absolute Gasteiger partial charge is 0.497 e. The van der Waals surface area contributed by atoms with Crippen molar-refractivity contribution in [1.29, 1.82) is 0 Å². The minimum atomic E-state index is -0.219. The van der Waals surface area contributed by atoms with Crippen molar-refractivity contribution < 1.29 is 14.3 Å². The van der Waals surface area contributed by atoms with Gasteiger partial charge in [0.15, 0.2) is 10.8 Å². The maximum Gasteiger partial charge on any atom is 0.234 e. The monoisotopic (exact) mass is 412 g/mol. The summed E-state index contributed by atoms with van der Waals surface area (Å²) in [7, 11) is 3.08. The molecular formula is C16H14Cl2N4O3S. The first kappa shape index (κ1) is 18.6. The van der Waals surface area contributed by atoms with E-state index < -0.39 is 0 Å². The number of methoxy groups -OCH3 is 2. The third-order valence-corrected chi connectivity index (χ3v) is 4.84. The van der Waals surface area contributed by atoms with E-state index in [2.05, 4.69) is 15.5 Å². The molecule has 7 nitrogen and oxygen atoms in total. The average molecular weight is 413 g/mol. The molecule has 0 fully saturated rings. The summed E-state index contributed by atoms with van der Waals surface area (Å²) in [5.41, 5.74) is 1.03. The molecule has 1 N–H and O–H groups in total. The van der Waals surface area contributed by atoms with E-state index in [-0.39, 0.29) is 11.7 Å². The number of nitrogens with one attached hydrogen (secondary N) is 1. The zero-order valence-corrected chi connectivity index (χ0v) is 16.2. The number of hydrogen-bond donors (Lipinski definition) is 1. The summed E-state index contributed by atoms with van der Waals surface area (Å²) in [5.74, 6) is 1.05. The molecule has 2 aromatic heterocycles. The number of ether oxygens (including phenoxy) is 2. The van der Waals surface area contributed by atoms with Crippen molar-refractivity contribution in [2.75, 3.05) is 25.3 Å². The van der Waals surface area contributed by atoms with Crippen LogP contribution in [0.5, 0.6) is 11.5 Å². The average Bonchev–Trinajstić information content (AvgIpc) is 3.03. The van der Waals surface area contributed by atoms with Crippen molar-refractivity contribution in [2.45, 2.75) is 5.16 Å². The van der Waals surface area contributed by atoms with Gasteiger partial charge in [0, 0.05) is 12.3 Å². The van der Waals surface area contributed by atoms with Gasteiger partial charge in [-0.05, 0) is 18.2 Å². The third-order valence-electron chi connectivity index (χ3n) is 3.41. The predicted molar refractivity (Wildman–Crippen MR) is 102 cm³/mol. The number of rotatable bonds is 6. The molecule has 0 unspecified atom stereocenters. The first-order valence-electron chi connectivity index (χ1n) is 7.36. The van der Waals surface area contributed by atoms with E-state index in [4.69, 9.17) is 32.7 Å². The summed E-state index contributed by atoms with van der Waals surface area (Å²) in [5, 5.41) is 12.2. The van der Waals surface area contributed by atoms with Crippen molar-refractivity contribution >= 4 is 52.2 Å². The Morgan fingerprint density at radius 3 is 2.77 bits per heavy atom. The molecule has 0 bridgehead atoms. The lowest BCUT2D eigenvalue weighted by atomic mass is 10.2. The fraction of sp³-hybridized carbons (Fsp3) is 0.188. The molecule has 3 rings (SSSR count). The van der Waals surface area contributed by atoms with E-state index in [0.717, 1.165) is 0 Å². The molecule has 1 amide bonds. The van der Waals surface area contributed by atoms with Crippen molar-refractivity contribution in [3.63, 3.8) is 0 Å². The van der Waals surface area contributed by atoms with Crippen LogP contribution in [0.25, 0.3) is 5.65 Å². The summed E-state index contributed by atoms with van der Waals surface area (Å²) in [6, 6.07) is 6.73. The molecule has 0 aliphatic carbocycles. The van der Waals surface area contributed by atoms with Gasteiger partial charge < -0.3 is 14.8 Å². The van der Waals surface area contributed by atoms with Crippen molar-refractivity contribution in [3.05, 3.63) is 40.5 Å². The van der Waals surface area contributed by atoms with Gasteiger partial charge in [-0.15, -0.1) is 10.2 Å². The molecule has 2 heterocycles. The summed E-state index contributed by atoms with van der Waals surface area (Å²) in [6.07, 6.45) is 1.65. The Kier molecular flexibility index (Phi) is 5.75. The van der Waals surface area contributed by atoms with E-state index in [1.807, 2.05) is 0 Å². The lowest BCUT2D eigenvalue weighted by Gasteiger charge is -2.11. The number of anilines is 1. The van der Waals surface area contributed by atoms with Gasteiger partial charge in [0.05, 0.1) is 35.7 Å². The molecule has 26 heavy (non-hydrogen) atoms. The number of halogens is 2. The second-order valence-corrected chi connectivity index (χ2v) is 6.87. The van der Waals surface area contributed by atoms with Crippen LogP contribution in [-0.4, -0.2) is 40.5 Å². The van der Waals surface area contributed by atoms with Crippen molar-refractivity contribution in [2.24, 2.45) is 0 Å². The number of carbonyl (C=O) groups excluding carboxylic acids is 1. The minimum absolute atomic E-state index is 0.125. The van der Waals surface area contributed by atoms with Gasteiger partial charge in [0.1, 0.15) is 11.5 Å². The third kappa shape index (κ3) is 3.98. The van der Waals surface area contributed by atoms with E-state index in [9.17, 15) is 4.79 Å². The Morgan fingerprint density at radius 1 is 1.23 bits per heavy atom. The number of thioether (sulfide) groups is 1. The number of aromatic nitrogens is 3. The van der Waals surface area contributed by atoms with Gasteiger partial charge in [-0.2, -0.15) is 0 Å². The van der Waals surface area contributed by atoms with Crippen molar-refractivity contribution in [1.82, 2.24) is 14.6 Å². The van der Waals surface area contributed by atoms with E-state index in [1.54, 1.807) is 42.0 Å². The van der Waals surface area contributed by atoms with E-state index in [0.29, 0.717) is 38.0 Å². The second-order valence-electron chi connectivity index (χ2n) is 5.09. The summed E-state index contributed by atoms with van der Waals surface area (Å²) in [6.45, 7) is 0. The first-order valence-corrected chi connectivity index (χ1v) is 9.10. The van der Waals surface area contributed by atoms with Crippen LogP contribution < -0.4 is 14.8 Å². The van der Waals surface area contributed by atoms with Gasteiger partial charge in [0.25, 0.3) is 0 Å². The van der Waals surface area contributed by atoms with E-state index in [1.165, 1.54) is 18.9 Å². The zero-order chi connectivity index (χ0) is 18.7. The maximum atomic E-state index is 12.3. The molecule has 0 atom stereocenters. The predicted octanol–water partition coefficient (Wildman–Crippen LogP) is 3.78. The normalized spacial score (nSPS) is 10.8. The van der Waals surface area contributed by atoms with E-state index >= 15 is 0 Å². The molecule has 0 aliphatic rings. The van der Waals surface area contributed by atoms with Crippen LogP contribution in [0.1, 0.15) is 0 Å². The summed E-state index contributed by atoms with van der Waals surface area (Å²) < 4.78 is 12.1. The highest BCUT2D eigenvalue weighted by molar-refractivity contribution is 7.99. The highest BCUT2D eigenvalue weighted by atomic mass is 35.5. The van der Waals surface area contributed by atoms with Crippen LogP contribution in [0.2, 0.25) is 10.0 Å². The molecule has 0 radical (unpaired) electrons. The van der Waals surface area contributed by atoms with Crippen LogP contribution in [0.15, 0.2) is 35.6 Å². The van der Waals surface area contributed by atoms with Crippen LogP contribution in [0.3, 0.4) is 0 Å². The Hall–Kier alpha value is -2.16. The quantitative estimate of drug-likeness (QED) is 0.620. The summed E-state index contributed by atoms with van der Waals surface area (Å²) >= 11 is 13.3. The van der Waals surface area contributed by atoms with Gasteiger partial charge in [-0.1, -0.05) is 35.0 Å². The Labute approximate surface area is 163 Å². The zero-order valence-electron chi connectivity index (χ0n) is 13.8. The number of fused-ring (bicyclic) bond motifs is 1. The Balaban J connectivity index is 1.70. The van der Waals surface area contributed by atoms with Gasteiger partial charge >= 0.3 is 0 Å². The van der Waals surface area contributed by atoms with Crippen LogP contribution in [-0.2, 0) is 4.79 Å². The maximum absolute atomic E-state index is 12.3. The Bertz CT molecular complexity index is 964. The second kappa shape index (κ2) is 8.03. The SMILES string of the molecule is COc1ccc(NC(=O)CSc2nnc3c(Cl)cc(Cl)cn23)c(OC)c1. The molecule has 0 saturated heterocycles. The molecule has 0 saturated carbocycles. The smallest absolute Gasteiger partial charge is 0.234 e. The molecule has 136 valence electrons. The van der Waals surface area contributed by atoms with Crippen molar-refractivity contribution in [3.8, 4) is 11.5 Å². The van der Waals surface area contributed by atoms with Gasteiger partial charge in [-0.3, -0.25) is 9.20 Å². The number of pyridine rings is 1. The fourth-order valence-electron chi connectivity index (χ4n) is 2.22. The molecule has 0 aliphatic heterocycles. The molecule has 0 spiro atoms. The Morgan fingerprint density at radius 2 is 2.04 bits per heavy atom. The van der Waals surface area contributed by atoms with Crippen LogP contribution >= 0.6 is 35.0 Å². The van der Waals surface area contributed by atoms with Crippen LogP contribution in [0.4, 0.5) is 5.69 Å². The number of carbonyl (C=O) groups is 1. The standard InChI is InChI=1S/C16H14Cl2N4O3S/c1-24-10-3-4-12(13(6-10)25-2)19-14(23)8-26-16-21-20-15-11(18)5-9(17)7-22(15)16/h3-7H,8H2,1-2H3,(H,19,23).